The van der Waals surface area contributed by atoms with E-state index in [9.17, 15) is 9.59 Å². The molecule has 0 bridgehead atoms. The fraction of sp³-hybridized carbons (Fsp3) is 0.385. The summed E-state index contributed by atoms with van der Waals surface area (Å²) >= 11 is 0. The van der Waals surface area contributed by atoms with Crippen molar-refractivity contribution in [3.8, 4) is 0 Å². The molecule has 1 aliphatic heterocycles. The van der Waals surface area contributed by atoms with Gasteiger partial charge in [0.1, 0.15) is 0 Å². The molecule has 2 amide bonds. The standard InChI is InChI=1S/C13H17N3O2/c1-13(2)9-6-8(15-11(17)7-14)4-5-10(9)16(3)12(13)18/h4-6H,7,14H2,1-3H3,(H,15,17). The van der Waals surface area contributed by atoms with Crippen LogP contribution in [0.15, 0.2) is 18.2 Å². The number of anilines is 2. The average Bonchev–Trinajstić information content (AvgIpc) is 2.51. The van der Waals surface area contributed by atoms with Gasteiger partial charge in [0.05, 0.1) is 12.0 Å². The van der Waals surface area contributed by atoms with Gasteiger partial charge in [0, 0.05) is 18.4 Å². The quantitative estimate of drug-likeness (QED) is 0.813. The number of nitrogens with one attached hydrogen (secondary N) is 1. The molecule has 5 nitrogen and oxygen atoms in total. The van der Waals surface area contributed by atoms with E-state index in [0.29, 0.717) is 5.69 Å². The lowest BCUT2D eigenvalue weighted by Gasteiger charge is -2.16. The fourth-order valence-electron chi connectivity index (χ4n) is 2.26. The van der Waals surface area contributed by atoms with Crippen LogP contribution in [0, 0.1) is 0 Å². The minimum absolute atomic E-state index is 0.0554. The molecule has 0 fully saturated rings. The highest BCUT2D eigenvalue weighted by molar-refractivity contribution is 6.07. The van der Waals surface area contributed by atoms with Gasteiger partial charge in [0.15, 0.2) is 0 Å². The van der Waals surface area contributed by atoms with E-state index in [-0.39, 0.29) is 18.4 Å². The number of nitrogens with zero attached hydrogens (tertiary/aromatic N) is 1. The molecule has 0 saturated carbocycles. The summed E-state index contributed by atoms with van der Waals surface area (Å²) in [6.45, 7) is 3.71. The summed E-state index contributed by atoms with van der Waals surface area (Å²) in [4.78, 5) is 25.0. The number of carbonyl (C=O) groups excluding carboxylic acids is 2. The summed E-state index contributed by atoms with van der Waals surface area (Å²) in [7, 11) is 1.76. The van der Waals surface area contributed by atoms with Crippen LogP contribution in [0.4, 0.5) is 11.4 Å². The molecule has 0 atom stereocenters. The third-order valence-electron chi connectivity index (χ3n) is 3.34. The van der Waals surface area contributed by atoms with Crippen molar-refractivity contribution in [1.82, 2.24) is 0 Å². The molecule has 0 radical (unpaired) electrons. The summed E-state index contributed by atoms with van der Waals surface area (Å²) in [5, 5.41) is 2.69. The van der Waals surface area contributed by atoms with Gasteiger partial charge in [-0.05, 0) is 37.6 Å². The van der Waals surface area contributed by atoms with Gasteiger partial charge in [-0.15, -0.1) is 0 Å². The summed E-state index contributed by atoms with van der Waals surface area (Å²) in [5.74, 6) is -0.190. The molecule has 1 aromatic carbocycles. The number of hydrogen-bond acceptors (Lipinski definition) is 3. The van der Waals surface area contributed by atoms with Crippen LogP contribution in [0.5, 0.6) is 0 Å². The fourth-order valence-corrected chi connectivity index (χ4v) is 2.26. The molecule has 0 spiro atoms. The van der Waals surface area contributed by atoms with Crippen LogP contribution in [-0.2, 0) is 15.0 Å². The number of fused-ring (bicyclic) bond motifs is 1. The van der Waals surface area contributed by atoms with E-state index < -0.39 is 5.41 Å². The van der Waals surface area contributed by atoms with E-state index in [1.807, 2.05) is 26.0 Å². The molecule has 96 valence electrons. The van der Waals surface area contributed by atoms with Crippen molar-refractivity contribution in [1.29, 1.82) is 0 Å². The maximum atomic E-state index is 12.1. The molecule has 1 aromatic rings. The van der Waals surface area contributed by atoms with E-state index in [2.05, 4.69) is 5.32 Å². The summed E-state index contributed by atoms with van der Waals surface area (Å²) in [6, 6.07) is 5.45. The molecule has 5 heteroatoms. The van der Waals surface area contributed by atoms with Gasteiger partial charge in [-0.2, -0.15) is 0 Å². The third kappa shape index (κ3) is 1.76. The van der Waals surface area contributed by atoms with Crippen LogP contribution in [0.25, 0.3) is 0 Å². The summed E-state index contributed by atoms with van der Waals surface area (Å²) in [6.07, 6.45) is 0. The predicted molar refractivity (Wildman–Crippen MR) is 70.6 cm³/mol. The number of benzene rings is 1. The Balaban J connectivity index is 2.42. The van der Waals surface area contributed by atoms with E-state index in [0.717, 1.165) is 11.3 Å². The molecule has 0 unspecified atom stereocenters. The monoisotopic (exact) mass is 247 g/mol. The first-order chi connectivity index (χ1) is 8.37. The number of amides is 2. The molecule has 1 aliphatic rings. The highest BCUT2D eigenvalue weighted by Crippen LogP contribution is 2.41. The van der Waals surface area contributed by atoms with Crippen molar-refractivity contribution in [2.24, 2.45) is 5.73 Å². The number of nitrogens with two attached hydrogens (primary N) is 1. The topological polar surface area (TPSA) is 75.4 Å². The van der Waals surface area contributed by atoms with Crippen LogP contribution in [0.2, 0.25) is 0 Å². The Hall–Kier alpha value is -1.88. The summed E-state index contributed by atoms with van der Waals surface area (Å²) in [5.41, 5.74) is 7.17. The Morgan fingerprint density at radius 3 is 2.72 bits per heavy atom. The smallest absolute Gasteiger partial charge is 0.238 e. The lowest BCUT2D eigenvalue weighted by molar-refractivity contribution is -0.121. The Labute approximate surface area is 106 Å². The second-order valence-corrected chi connectivity index (χ2v) is 4.97. The Bertz CT molecular complexity index is 523. The average molecular weight is 247 g/mol. The molecule has 0 aromatic heterocycles. The van der Waals surface area contributed by atoms with Crippen molar-refractivity contribution in [3.63, 3.8) is 0 Å². The van der Waals surface area contributed by atoms with Crippen molar-refractivity contribution in [2.75, 3.05) is 23.8 Å². The third-order valence-corrected chi connectivity index (χ3v) is 3.34. The molecular weight excluding hydrogens is 230 g/mol. The van der Waals surface area contributed by atoms with Crippen LogP contribution >= 0.6 is 0 Å². The summed E-state index contributed by atoms with van der Waals surface area (Å²) < 4.78 is 0. The van der Waals surface area contributed by atoms with Gasteiger partial charge in [-0.25, -0.2) is 0 Å². The van der Waals surface area contributed by atoms with Gasteiger partial charge >= 0.3 is 0 Å². The molecule has 1 heterocycles. The molecule has 0 saturated heterocycles. The Morgan fingerprint density at radius 1 is 1.44 bits per heavy atom. The number of carbonyl (C=O) groups is 2. The molecule has 0 aliphatic carbocycles. The Morgan fingerprint density at radius 2 is 2.11 bits per heavy atom. The lowest BCUT2D eigenvalue weighted by atomic mass is 9.86. The zero-order valence-corrected chi connectivity index (χ0v) is 10.8. The first kappa shape index (κ1) is 12.6. The van der Waals surface area contributed by atoms with Crippen molar-refractivity contribution >= 4 is 23.2 Å². The molecular formula is C13H17N3O2. The van der Waals surface area contributed by atoms with Crippen molar-refractivity contribution < 1.29 is 9.59 Å². The molecule has 18 heavy (non-hydrogen) atoms. The van der Waals surface area contributed by atoms with Crippen LogP contribution in [-0.4, -0.2) is 25.4 Å². The lowest BCUT2D eigenvalue weighted by Crippen LogP contribution is -2.33. The number of hydrogen-bond donors (Lipinski definition) is 2. The maximum Gasteiger partial charge on any atom is 0.238 e. The van der Waals surface area contributed by atoms with Gasteiger partial charge in [-0.1, -0.05) is 0 Å². The van der Waals surface area contributed by atoms with Gasteiger partial charge in [-0.3, -0.25) is 9.59 Å². The van der Waals surface area contributed by atoms with Gasteiger partial charge in [0.25, 0.3) is 0 Å². The largest absolute Gasteiger partial charge is 0.325 e. The first-order valence-corrected chi connectivity index (χ1v) is 5.80. The number of rotatable bonds is 2. The van der Waals surface area contributed by atoms with Gasteiger partial charge < -0.3 is 16.0 Å². The van der Waals surface area contributed by atoms with Crippen molar-refractivity contribution in [3.05, 3.63) is 23.8 Å². The van der Waals surface area contributed by atoms with Gasteiger partial charge in [0.2, 0.25) is 11.8 Å². The van der Waals surface area contributed by atoms with E-state index in [1.165, 1.54) is 0 Å². The maximum absolute atomic E-state index is 12.1. The zero-order chi connectivity index (χ0) is 13.5. The van der Waals surface area contributed by atoms with Crippen LogP contribution in [0.1, 0.15) is 19.4 Å². The minimum atomic E-state index is -0.562. The minimum Gasteiger partial charge on any atom is -0.325 e. The Kier molecular flexibility index (Phi) is 2.86. The first-order valence-electron chi connectivity index (χ1n) is 5.80. The zero-order valence-electron chi connectivity index (χ0n) is 10.8. The van der Waals surface area contributed by atoms with Crippen LogP contribution < -0.4 is 16.0 Å². The van der Waals surface area contributed by atoms with E-state index in [1.54, 1.807) is 18.0 Å². The normalized spacial score (nSPS) is 16.7. The van der Waals surface area contributed by atoms with E-state index in [4.69, 9.17) is 5.73 Å². The molecule has 3 N–H and O–H groups in total. The highest BCUT2D eigenvalue weighted by atomic mass is 16.2. The second kappa shape index (κ2) is 4.10. The van der Waals surface area contributed by atoms with Crippen LogP contribution in [0.3, 0.4) is 0 Å². The second-order valence-electron chi connectivity index (χ2n) is 4.97. The van der Waals surface area contributed by atoms with Crippen molar-refractivity contribution in [2.45, 2.75) is 19.3 Å². The SMILES string of the molecule is CN1C(=O)C(C)(C)c2cc(NC(=O)CN)ccc21. The highest BCUT2D eigenvalue weighted by Gasteiger charge is 2.42. The number of likely N-dealkylation sites (N-methyl/N-ethyl adjacent to an activating group) is 1. The predicted octanol–water partition coefficient (Wildman–Crippen LogP) is 0.838. The van der Waals surface area contributed by atoms with E-state index >= 15 is 0 Å². The molecule has 2 rings (SSSR count).